The molecule has 1 saturated heterocycles. The van der Waals surface area contributed by atoms with Crippen molar-refractivity contribution in [3.8, 4) is 0 Å². The first-order valence-electron chi connectivity index (χ1n) is 8.14. The Labute approximate surface area is 136 Å². The topological polar surface area (TPSA) is 41.6 Å². The van der Waals surface area contributed by atoms with Crippen LogP contribution in [0.5, 0.6) is 0 Å². The molecule has 1 amide bonds. The SMILES string of the molecule is O=C(CC1CCCC1)Nc1cc(Cl)ccc1N1CCOCC1. The van der Waals surface area contributed by atoms with Gasteiger partial charge in [0.05, 0.1) is 24.6 Å². The van der Waals surface area contributed by atoms with E-state index >= 15 is 0 Å². The van der Waals surface area contributed by atoms with Crippen LogP contribution in [0, 0.1) is 5.92 Å². The van der Waals surface area contributed by atoms with E-state index < -0.39 is 0 Å². The van der Waals surface area contributed by atoms with Gasteiger partial charge in [0.2, 0.25) is 5.91 Å². The summed E-state index contributed by atoms with van der Waals surface area (Å²) in [7, 11) is 0. The Hall–Kier alpha value is -1.26. The van der Waals surface area contributed by atoms with E-state index in [1.165, 1.54) is 25.7 Å². The van der Waals surface area contributed by atoms with Gasteiger partial charge in [-0.3, -0.25) is 4.79 Å². The molecule has 1 aromatic carbocycles. The van der Waals surface area contributed by atoms with E-state index in [9.17, 15) is 4.79 Å². The molecule has 0 radical (unpaired) electrons. The number of carbonyl (C=O) groups excluding carboxylic acids is 1. The smallest absolute Gasteiger partial charge is 0.224 e. The summed E-state index contributed by atoms with van der Waals surface area (Å²) in [6.45, 7) is 3.12. The van der Waals surface area contributed by atoms with Gasteiger partial charge in [0.15, 0.2) is 0 Å². The summed E-state index contributed by atoms with van der Waals surface area (Å²) in [4.78, 5) is 14.6. The lowest BCUT2D eigenvalue weighted by Gasteiger charge is -2.30. The van der Waals surface area contributed by atoms with Crippen LogP contribution in [0.25, 0.3) is 0 Å². The number of morpholine rings is 1. The third-order valence-corrected chi connectivity index (χ3v) is 4.77. The summed E-state index contributed by atoms with van der Waals surface area (Å²) >= 11 is 6.11. The molecule has 0 atom stereocenters. The van der Waals surface area contributed by atoms with Crippen LogP contribution in [0.15, 0.2) is 18.2 Å². The fourth-order valence-corrected chi connectivity index (χ4v) is 3.54. The monoisotopic (exact) mass is 322 g/mol. The maximum absolute atomic E-state index is 12.3. The normalized spacial score (nSPS) is 19.4. The molecule has 1 heterocycles. The van der Waals surface area contributed by atoms with E-state index in [4.69, 9.17) is 16.3 Å². The highest BCUT2D eigenvalue weighted by molar-refractivity contribution is 6.31. The molecule has 3 rings (SSSR count). The lowest BCUT2D eigenvalue weighted by atomic mass is 10.0. The molecule has 0 spiro atoms. The molecule has 1 saturated carbocycles. The van der Waals surface area contributed by atoms with Crippen molar-refractivity contribution in [1.82, 2.24) is 0 Å². The number of ether oxygens (including phenoxy) is 1. The van der Waals surface area contributed by atoms with Crippen LogP contribution >= 0.6 is 11.6 Å². The average Bonchev–Trinajstić information content (AvgIpc) is 3.01. The second-order valence-corrected chi connectivity index (χ2v) is 6.60. The standard InChI is InChI=1S/C17H23ClN2O2/c18-14-5-6-16(20-7-9-22-10-8-20)15(12-14)19-17(21)11-13-3-1-2-4-13/h5-6,12-13H,1-4,7-11H2,(H,19,21). The molecule has 2 aliphatic rings. The predicted molar refractivity (Wildman–Crippen MR) is 89.7 cm³/mol. The molecule has 1 aliphatic heterocycles. The molecule has 22 heavy (non-hydrogen) atoms. The van der Waals surface area contributed by atoms with E-state index in [1.54, 1.807) is 0 Å². The number of hydrogen-bond acceptors (Lipinski definition) is 3. The van der Waals surface area contributed by atoms with Crippen molar-refractivity contribution in [2.75, 3.05) is 36.5 Å². The fourth-order valence-electron chi connectivity index (χ4n) is 3.37. The van der Waals surface area contributed by atoms with Crippen LogP contribution in [0.1, 0.15) is 32.1 Å². The van der Waals surface area contributed by atoms with Crippen LogP contribution in [-0.4, -0.2) is 32.2 Å². The van der Waals surface area contributed by atoms with E-state index in [0.717, 1.165) is 37.7 Å². The van der Waals surface area contributed by atoms with E-state index in [-0.39, 0.29) is 5.91 Å². The largest absolute Gasteiger partial charge is 0.378 e. The summed E-state index contributed by atoms with van der Waals surface area (Å²) < 4.78 is 5.40. The lowest BCUT2D eigenvalue weighted by Crippen LogP contribution is -2.36. The highest BCUT2D eigenvalue weighted by Gasteiger charge is 2.20. The zero-order valence-electron chi connectivity index (χ0n) is 12.8. The molecule has 1 aromatic rings. The molecule has 0 unspecified atom stereocenters. The Morgan fingerprint density at radius 1 is 1.27 bits per heavy atom. The predicted octanol–water partition coefficient (Wildman–Crippen LogP) is 3.70. The lowest BCUT2D eigenvalue weighted by molar-refractivity contribution is -0.117. The first-order chi connectivity index (χ1) is 10.7. The van der Waals surface area contributed by atoms with E-state index in [1.807, 2.05) is 18.2 Å². The molecule has 120 valence electrons. The van der Waals surface area contributed by atoms with Gasteiger partial charge in [0.25, 0.3) is 0 Å². The zero-order chi connectivity index (χ0) is 15.4. The molecule has 1 N–H and O–H groups in total. The van der Waals surface area contributed by atoms with E-state index in [2.05, 4.69) is 10.2 Å². The first kappa shape index (κ1) is 15.6. The average molecular weight is 323 g/mol. The zero-order valence-corrected chi connectivity index (χ0v) is 13.6. The molecule has 0 bridgehead atoms. The van der Waals surface area contributed by atoms with Crippen LogP contribution in [0.2, 0.25) is 5.02 Å². The first-order valence-corrected chi connectivity index (χ1v) is 8.52. The molecule has 5 heteroatoms. The van der Waals surface area contributed by atoms with Crippen molar-refractivity contribution >= 4 is 28.9 Å². The number of nitrogens with one attached hydrogen (secondary N) is 1. The minimum Gasteiger partial charge on any atom is -0.378 e. The summed E-state index contributed by atoms with van der Waals surface area (Å²) in [5.74, 6) is 0.648. The number of halogens is 1. The molecule has 0 aromatic heterocycles. The maximum atomic E-state index is 12.3. The fraction of sp³-hybridized carbons (Fsp3) is 0.588. The number of anilines is 2. The number of amides is 1. The van der Waals surface area contributed by atoms with Gasteiger partial charge < -0.3 is 15.0 Å². The van der Waals surface area contributed by atoms with Gasteiger partial charge in [-0.25, -0.2) is 0 Å². The van der Waals surface area contributed by atoms with Gasteiger partial charge in [-0.2, -0.15) is 0 Å². The minimum atomic E-state index is 0.101. The van der Waals surface area contributed by atoms with Crippen LogP contribution in [0.3, 0.4) is 0 Å². The second-order valence-electron chi connectivity index (χ2n) is 6.16. The van der Waals surface area contributed by atoms with Gasteiger partial charge in [0, 0.05) is 24.5 Å². The Bertz CT molecular complexity index is 523. The van der Waals surface area contributed by atoms with E-state index in [0.29, 0.717) is 17.4 Å². The van der Waals surface area contributed by atoms with Crippen molar-refractivity contribution in [3.63, 3.8) is 0 Å². The molecule has 2 fully saturated rings. The second kappa shape index (κ2) is 7.34. The van der Waals surface area contributed by atoms with Gasteiger partial charge in [0.1, 0.15) is 0 Å². The number of rotatable bonds is 4. The van der Waals surface area contributed by atoms with Crippen LogP contribution in [0.4, 0.5) is 11.4 Å². The van der Waals surface area contributed by atoms with Crippen molar-refractivity contribution in [3.05, 3.63) is 23.2 Å². The van der Waals surface area contributed by atoms with Crippen molar-refractivity contribution in [1.29, 1.82) is 0 Å². The van der Waals surface area contributed by atoms with Gasteiger partial charge in [-0.1, -0.05) is 24.4 Å². The Balaban J connectivity index is 1.70. The Morgan fingerprint density at radius 3 is 2.73 bits per heavy atom. The van der Waals surface area contributed by atoms with Gasteiger partial charge >= 0.3 is 0 Å². The molecule has 4 nitrogen and oxygen atoms in total. The number of nitrogens with zero attached hydrogens (tertiary/aromatic N) is 1. The number of benzene rings is 1. The summed E-state index contributed by atoms with van der Waals surface area (Å²) in [5, 5.41) is 3.72. The highest BCUT2D eigenvalue weighted by Crippen LogP contribution is 2.31. The Morgan fingerprint density at radius 2 is 2.00 bits per heavy atom. The van der Waals surface area contributed by atoms with Crippen molar-refractivity contribution in [2.45, 2.75) is 32.1 Å². The third-order valence-electron chi connectivity index (χ3n) is 4.53. The van der Waals surface area contributed by atoms with Crippen LogP contribution < -0.4 is 10.2 Å². The third kappa shape index (κ3) is 3.93. The van der Waals surface area contributed by atoms with Gasteiger partial charge in [-0.05, 0) is 37.0 Å². The minimum absolute atomic E-state index is 0.101. The van der Waals surface area contributed by atoms with Crippen LogP contribution in [-0.2, 0) is 9.53 Å². The molecule has 1 aliphatic carbocycles. The van der Waals surface area contributed by atoms with Gasteiger partial charge in [-0.15, -0.1) is 0 Å². The van der Waals surface area contributed by atoms with Crippen molar-refractivity contribution < 1.29 is 9.53 Å². The quantitative estimate of drug-likeness (QED) is 0.919. The Kier molecular flexibility index (Phi) is 5.21. The van der Waals surface area contributed by atoms with Crippen molar-refractivity contribution in [2.24, 2.45) is 5.92 Å². The summed E-state index contributed by atoms with van der Waals surface area (Å²) in [6.07, 6.45) is 5.50. The highest BCUT2D eigenvalue weighted by atomic mass is 35.5. The molecular formula is C17H23ClN2O2. The number of carbonyl (C=O) groups is 1. The molecular weight excluding hydrogens is 300 g/mol. The summed E-state index contributed by atoms with van der Waals surface area (Å²) in [6, 6.07) is 5.71. The number of hydrogen-bond donors (Lipinski definition) is 1. The summed E-state index contributed by atoms with van der Waals surface area (Å²) in [5.41, 5.74) is 1.85. The maximum Gasteiger partial charge on any atom is 0.224 e.